The van der Waals surface area contributed by atoms with Crippen molar-refractivity contribution in [2.24, 2.45) is 12.0 Å². The Hall–Kier alpha value is -0.130. The Balaban J connectivity index is 3.00. The maximum Gasteiger partial charge on any atom is 0.190 e. The van der Waals surface area contributed by atoms with Gasteiger partial charge in [0.1, 0.15) is 0 Å². The van der Waals surface area contributed by atoms with Crippen LogP contribution >= 0.6 is 35.3 Å². The smallest absolute Gasteiger partial charge is 0.190 e. The van der Waals surface area contributed by atoms with Crippen LogP contribution in [0.2, 0.25) is 0 Å². The van der Waals surface area contributed by atoms with Gasteiger partial charge in [-0.15, -0.1) is 11.3 Å². The van der Waals surface area contributed by atoms with Crippen LogP contribution in [0.4, 0.5) is 0 Å². The molecule has 0 aliphatic rings. The van der Waals surface area contributed by atoms with Crippen molar-refractivity contribution >= 4 is 39.6 Å². The van der Waals surface area contributed by atoms with Crippen LogP contribution in [0, 0.1) is 0 Å². The molecule has 5 heteroatoms. The minimum atomic E-state index is 0.683. The van der Waals surface area contributed by atoms with E-state index in [1.54, 1.807) is 11.3 Å². The molecule has 0 saturated carbocycles. The van der Waals surface area contributed by atoms with Gasteiger partial charge in [-0.2, -0.15) is 0 Å². The highest BCUT2D eigenvalue weighted by atomic mass is 32.2. The molecule has 1 aromatic rings. The van der Waals surface area contributed by atoms with Gasteiger partial charge in [0.05, 0.1) is 0 Å². The molecule has 1 heterocycles. The van der Waals surface area contributed by atoms with Crippen LogP contribution in [0.3, 0.4) is 0 Å². The lowest BCUT2D eigenvalue weighted by Gasteiger charge is -1.89. The topological polar surface area (TPSA) is 17.3 Å². The number of thiocarbonyl (C=S) groups is 1. The van der Waals surface area contributed by atoms with E-state index in [1.807, 2.05) is 29.4 Å². The first-order chi connectivity index (χ1) is 5.24. The number of hydrogen-bond donors (Lipinski definition) is 0. The van der Waals surface area contributed by atoms with Gasteiger partial charge in [-0.3, -0.25) is 0 Å². The Bertz CT molecular complexity index is 310. The molecule has 0 bridgehead atoms. The zero-order chi connectivity index (χ0) is 8.27. The predicted molar refractivity (Wildman–Crippen MR) is 55.0 cm³/mol. The fourth-order valence-corrected chi connectivity index (χ4v) is 1.67. The van der Waals surface area contributed by atoms with E-state index in [0.717, 1.165) is 4.80 Å². The first-order valence-corrected chi connectivity index (χ1v) is 5.48. The summed E-state index contributed by atoms with van der Waals surface area (Å²) in [6, 6.07) is 0. The van der Waals surface area contributed by atoms with Gasteiger partial charge >= 0.3 is 0 Å². The highest BCUT2D eigenvalue weighted by Gasteiger charge is 1.90. The van der Waals surface area contributed by atoms with E-state index >= 15 is 0 Å². The molecule has 0 spiro atoms. The lowest BCUT2D eigenvalue weighted by molar-refractivity contribution is 0.879. The van der Waals surface area contributed by atoms with Crippen LogP contribution in [0.15, 0.2) is 16.6 Å². The van der Waals surface area contributed by atoms with Crippen molar-refractivity contribution in [3.05, 3.63) is 16.4 Å². The lowest BCUT2D eigenvalue weighted by Crippen LogP contribution is -2.10. The monoisotopic (exact) mass is 204 g/mol. The first-order valence-electron chi connectivity index (χ1n) is 2.97. The zero-order valence-corrected chi connectivity index (χ0v) is 8.72. The second-order valence-electron chi connectivity index (χ2n) is 1.88. The molecule has 1 aromatic heterocycles. The van der Waals surface area contributed by atoms with Crippen molar-refractivity contribution < 1.29 is 0 Å². The third kappa shape index (κ3) is 2.43. The van der Waals surface area contributed by atoms with Crippen molar-refractivity contribution in [2.75, 3.05) is 6.26 Å². The van der Waals surface area contributed by atoms with Crippen molar-refractivity contribution in [1.82, 2.24) is 4.57 Å². The van der Waals surface area contributed by atoms with E-state index in [0.29, 0.717) is 4.32 Å². The standard InChI is InChI=1S/C6H8N2S3/c1-8-3-4-11-5(8)7-6(9)10-2/h3-4H,1-2H3/b7-5+. The third-order valence-electron chi connectivity index (χ3n) is 1.12. The second-order valence-corrected chi connectivity index (χ2v) is 4.19. The largest absolute Gasteiger partial charge is 0.327 e. The van der Waals surface area contributed by atoms with Crippen molar-refractivity contribution in [3.63, 3.8) is 0 Å². The number of rotatable bonds is 0. The second kappa shape index (κ2) is 4.04. The SMILES string of the molecule is CSC(=S)/N=c1/sccn1C. The van der Waals surface area contributed by atoms with Crippen molar-refractivity contribution in [1.29, 1.82) is 0 Å². The van der Waals surface area contributed by atoms with Gasteiger partial charge in [-0.25, -0.2) is 4.99 Å². The number of thiazole rings is 1. The summed E-state index contributed by atoms with van der Waals surface area (Å²) in [5, 5.41) is 1.99. The average Bonchev–Trinajstić information content (AvgIpc) is 2.37. The first kappa shape index (κ1) is 8.96. The van der Waals surface area contributed by atoms with Crippen molar-refractivity contribution in [2.45, 2.75) is 0 Å². The molecule has 0 aromatic carbocycles. The number of thioether (sulfide) groups is 1. The molecule has 0 radical (unpaired) electrons. The molecule has 0 aliphatic heterocycles. The summed E-state index contributed by atoms with van der Waals surface area (Å²) in [4.78, 5) is 5.16. The summed E-state index contributed by atoms with van der Waals surface area (Å²) < 4.78 is 2.63. The Morgan fingerprint density at radius 1 is 1.82 bits per heavy atom. The van der Waals surface area contributed by atoms with Gasteiger partial charge in [0.15, 0.2) is 9.12 Å². The fraction of sp³-hybridized carbons (Fsp3) is 0.333. The molecular weight excluding hydrogens is 196 g/mol. The van der Waals surface area contributed by atoms with Gasteiger partial charge in [-0.05, 0) is 6.26 Å². The Morgan fingerprint density at radius 3 is 3.00 bits per heavy atom. The molecule has 0 N–H and O–H groups in total. The Morgan fingerprint density at radius 2 is 2.55 bits per heavy atom. The number of nitrogens with zero attached hydrogens (tertiary/aromatic N) is 2. The number of hydrogen-bond acceptors (Lipinski definition) is 3. The minimum absolute atomic E-state index is 0.683. The molecule has 1 rings (SSSR count). The highest BCUT2D eigenvalue weighted by Crippen LogP contribution is 1.98. The Kier molecular flexibility index (Phi) is 3.29. The maximum atomic E-state index is 4.95. The summed E-state index contributed by atoms with van der Waals surface area (Å²) >= 11 is 8.03. The molecule has 0 amide bonds. The van der Waals surface area contributed by atoms with Crippen LogP contribution < -0.4 is 4.80 Å². The van der Waals surface area contributed by atoms with Crippen LogP contribution in [0.1, 0.15) is 0 Å². The molecule has 0 saturated heterocycles. The predicted octanol–water partition coefficient (Wildman–Crippen LogP) is 1.64. The van der Waals surface area contributed by atoms with E-state index in [2.05, 4.69) is 4.99 Å². The molecule has 60 valence electrons. The number of aryl methyl sites for hydroxylation is 1. The highest BCUT2D eigenvalue weighted by molar-refractivity contribution is 8.22. The van der Waals surface area contributed by atoms with Crippen LogP contribution in [-0.4, -0.2) is 15.1 Å². The van der Waals surface area contributed by atoms with Crippen LogP contribution in [0.25, 0.3) is 0 Å². The molecule has 11 heavy (non-hydrogen) atoms. The third-order valence-corrected chi connectivity index (χ3v) is 3.00. The summed E-state index contributed by atoms with van der Waals surface area (Å²) in [5.74, 6) is 0. The number of aromatic nitrogens is 1. The van der Waals surface area contributed by atoms with E-state index in [-0.39, 0.29) is 0 Å². The van der Waals surface area contributed by atoms with Gasteiger partial charge in [0.25, 0.3) is 0 Å². The molecule has 0 aliphatic carbocycles. The van der Waals surface area contributed by atoms with Crippen molar-refractivity contribution in [3.8, 4) is 0 Å². The van der Waals surface area contributed by atoms with Gasteiger partial charge in [0.2, 0.25) is 0 Å². The maximum absolute atomic E-state index is 4.95. The van der Waals surface area contributed by atoms with E-state index < -0.39 is 0 Å². The minimum Gasteiger partial charge on any atom is -0.327 e. The van der Waals surface area contributed by atoms with Gasteiger partial charge < -0.3 is 4.57 Å². The van der Waals surface area contributed by atoms with Gasteiger partial charge in [-0.1, -0.05) is 24.0 Å². The molecule has 2 nitrogen and oxygen atoms in total. The van der Waals surface area contributed by atoms with E-state index in [1.165, 1.54) is 11.8 Å². The molecule has 0 unspecified atom stereocenters. The molecular formula is C6H8N2S3. The van der Waals surface area contributed by atoms with E-state index in [4.69, 9.17) is 12.2 Å². The fourth-order valence-electron chi connectivity index (χ4n) is 0.558. The lowest BCUT2D eigenvalue weighted by atomic mass is 10.9. The summed E-state index contributed by atoms with van der Waals surface area (Å²) in [7, 11) is 1.96. The average molecular weight is 204 g/mol. The summed E-state index contributed by atoms with van der Waals surface area (Å²) in [6.07, 6.45) is 3.89. The van der Waals surface area contributed by atoms with Gasteiger partial charge in [0, 0.05) is 18.6 Å². The summed E-state index contributed by atoms with van der Waals surface area (Å²) in [5.41, 5.74) is 0. The quantitative estimate of drug-likeness (QED) is 0.598. The van der Waals surface area contributed by atoms with Crippen LogP contribution in [-0.2, 0) is 7.05 Å². The van der Waals surface area contributed by atoms with E-state index in [9.17, 15) is 0 Å². The summed E-state index contributed by atoms with van der Waals surface area (Å²) in [6.45, 7) is 0. The normalized spacial score (nSPS) is 12.0. The molecule has 0 atom stereocenters. The Labute approximate surface area is 79.0 Å². The van der Waals surface area contributed by atoms with Crippen LogP contribution in [0.5, 0.6) is 0 Å². The zero-order valence-electron chi connectivity index (χ0n) is 6.27. The molecule has 0 fully saturated rings.